The standard InChI is InChI=1S/C22H23NO3/c1-2-17-26-20-12-10-19(11-13-20)21(24)14-15-22(25)23-16-6-9-18-7-4-3-5-8-18/h3-5,7-8,10-13H,2,14-17H2,1H3,(H,23,25). The van der Waals surface area contributed by atoms with E-state index < -0.39 is 0 Å². The van der Waals surface area contributed by atoms with Crippen LogP contribution in [0.15, 0.2) is 54.6 Å². The van der Waals surface area contributed by atoms with Gasteiger partial charge in [-0.2, -0.15) is 0 Å². The smallest absolute Gasteiger partial charge is 0.221 e. The molecule has 1 N–H and O–H groups in total. The summed E-state index contributed by atoms with van der Waals surface area (Å²) in [6.07, 6.45) is 1.26. The molecule has 0 spiro atoms. The molecular formula is C22H23NO3. The average Bonchev–Trinajstić information content (AvgIpc) is 2.69. The highest BCUT2D eigenvalue weighted by molar-refractivity contribution is 5.98. The average molecular weight is 349 g/mol. The minimum absolute atomic E-state index is 0.0578. The number of carbonyl (C=O) groups is 2. The molecule has 0 heterocycles. The summed E-state index contributed by atoms with van der Waals surface area (Å²) < 4.78 is 5.49. The van der Waals surface area contributed by atoms with E-state index in [9.17, 15) is 9.59 Å². The number of hydrogen-bond acceptors (Lipinski definition) is 3. The first kappa shape index (κ1) is 19.3. The summed E-state index contributed by atoms with van der Waals surface area (Å²) in [5, 5.41) is 2.71. The summed E-state index contributed by atoms with van der Waals surface area (Å²) >= 11 is 0. The Kier molecular flexibility index (Phi) is 7.95. The fourth-order valence-electron chi connectivity index (χ4n) is 2.23. The molecule has 0 aromatic heterocycles. The molecule has 26 heavy (non-hydrogen) atoms. The zero-order valence-electron chi connectivity index (χ0n) is 15.0. The molecule has 1 amide bonds. The van der Waals surface area contributed by atoms with Crippen molar-refractivity contribution >= 4 is 11.7 Å². The minimum atomic E-state index is -0.177. The first-order valence-corrected chi connectivity index (χ1v) is 8.75. The third-order valence-corrected chi connectivity index (χ3v) is 3.61. The van der Waals surface area contributed by atoms with Gasteiger partial charge in [0, 0.05) is 24.0 Å². The fraction of sp³-hybridized carbons (Fsp3) is 0.273. The molecule has 0 saturated heterocycles. The molecule has 0 saturated carbocycles. The molecule has 2 aromatic rings. The van der Waals surface area contributed by atoms with Gasteiger partial charge in [-0.3, -0.25) is 9.59 Å². The van der Waals surface area contributed by atoms with E-state index in [4.69, 9.17) is 4.74 Å². The van der Waals surface area contributed by atoms with Gasteiger partial charge in [0.2, 0.25) is 5.91 Å². The minimum Gasteiger partial charge on any atom is -0.494 e. The Labute approximate surface area is 154 Å². The topological polar surface area (TPSA) is 55.4 Å². The van der Waals surface area contributed by atoms with Gasteiger partial charge < -0.3 is 10.1 Å². The molecular weight excluding hydrogens is 326 g/mol. The van der Waals surface area contributed by atoms with Crippen molar-refractivity contribution in [3.8, 4) is 17.6 Å². The van der Waals surface area contributed by atoms with E-state index in [0.717, 1.165) is 17.7 Å². The van der Waals surface area contributed by atoms with Crippen LogP contribution >= 0.6 is 0 Å². The van der Waals surface area contributed by atoms with Crippen molar-refractivity contribution in [2.24, 2.45) is 0 Å². The highest BCUT2D eigenvalue weighted by atomic mass is 16.5. The summed E-state index contributed by atoms with van der Waals surface area (Å²) in [5.74, 6) is 6.37. The van der Waals surface area contributed by atoms with Crippen LogP contribution in [0.2, 0.25) is 0 Å². The van der Waals surface area contributed by atoms with Crippen LogP contribution in [0.4, 0.5) is 0 Å². The molecule has 4 nitrogen and oxygen atoms in total. The lowest BCUT2D eigenvalue weighted by molar-refractivity contribution is -0.120. The Morgan fingerprint density at radius 2 is 1.73 bits per heavy atom. The highest BCUT2D eigenvalue weighted by Crippen LogP contribution is 2.14. The summed E-state index contributed by atoms with van der Waals surface area (Å²) in [5.41, 5.74) is 1.49. The molecule has 4 heteroatoms. The van der Waals surface area contributed by atoms with Crippen LogP contribution in [0.1, 0.15) is 42.1 Å². The van der Waals surface area contributed by atoms with Gasteiger partial charge in [0.05, 0.1) is 13.2 Å². The SMILES string of the molecule is CCCOc1ccc(C(=O)CCC(=O)NCC#Cc2ccccc2)cc1. The van der Waals surface area contributed by atoms with Gasteiger partial charge in [-0.25, -0.2) is 0 Å². The van der Waals surface area contributed by atoms with E-state index in [1.165, 1.54) is 0 Å². The lowest BCUT2D eigenvalue weighted by Gasteiger charge is -2.05. The number of hydrogen-bond donors (Lipinski definition) is 1. The van der Waals surface area contributed by atoms with Crippen molar-refractivity contribution in [3.05, 3.63) is 65.7 Å². The van der Waals surface area contributed by atoms with E-state index in [1.807, 2.05) is 37.3 Å². The highest BCUT2D eigenvalue weighted by Gasteiger charge is 2.09. The zero-order chi connectivity index (χ0) is 18.6. The summed E-state index contributed by atoms with van der Waals surface area (Å²) in [6, 6.07) is 16.6. The predicted octanol–water partition coefficient (Wildman–Crippen LogP) is 3.61. The first-order chi connectivity index (χ1) is 12.7. The van der Waals surface area contributed by atoms with Crippen LogP contribution in [0.5, 0.6) is 5.75 Å². The van der Waals surface area contributed by atoms with Crippen molar-refractivity contribution in [1.29, 1.82) is 0 Å². The molecule has 0 fully saturated rings. The lowest BCUT2D eigenvalue weighted by Crippen LogP contribution is -2.24. The quantitative estimate of drug-likeness (QED) is 0.585. The molecule has 0 unspecified atom stereocenters. The second kappa shape index (κ2) is 10.7. The third kappa shape index (κ3) is 6.82. The number of rotatable bonds is 8. The van der Waals surface area contributed by atoms with Crippen molar-refractivity contribution in [1.82, 2.24) is 5.32 Å². The lowest BCUT2D eigenvalue weighted by atomic mass is 10.1. The van der Waals surface area contributed by atoms with Crippen molar-refractivity contribution in [3.63, 3.8) is 0 Å². The maximum Gasteiger partial charge on any atom is 0.221 e. The maximum absolute atomic E-state index is 12.1. The molecule has 0 aliphatic carbocycles. The predicted molar refractivity (Wildman–Crippen MR) is 102 cm³/mol. The van der Waals surface area contributed by atoms with E-state index in [0.29, 0.717) is 12.2 Å². The number of benzene rings is 2. The summed E-state index contributed by atoms with van der Waals surface area (Å²) in [4.78, 5) is 24.0. The van der Waals surface area contributed by atoms with Gasteiger partial charge >= 0.3 is 0 Å². The number of Topliss-reactive ketones (excluding diaryl/α,β-unsaturated/α-hetero) is 1. The van der Waals surface area contributed by atoms with Gasteiger partial charge in [-0.1, -0.05) is 37.0 Å². The largest absolute Gasteiger partial charge is 0.494 e. The Hall–Kier alpha value is -3.06. The van der Waals surface area contributed by atoms with Crippen LogP contribution < -0.4 is 10.1 Å². The summed E-state index contributed by atoms with van der Waals surface area (Å²) in [6.45, 7) is 2.96. The first-order valence-electron chi connectivity index (χ1n) is 8.75. The van der Waals surface area contributed by atoms with Gasteiger partial charge in [-0.05, 0) is 42.8 Å². The monoisotopic (exact) mass is 349 g/mol. The van der Waals surface area contributed by atoms with Crippen molar-refractivity contribution in [2.75, 3.05) is 13.2 Å². The van der Waals surface area contributed by atoms with Crippen LogP contribution in [0, 0.1) is 11.8 Å². The van der Waals surface area contributed by atoms with E-state index in [2.05, 4.69) is 17.2 Å². The molecule has 0 radical (unpaired) electrons. The van der Waals surface area contributed by atoms with Crippen molar-refractivity contribution in [2.45, 2.75) is 26.2 Å². The number of nitrogens with one attached hydrogen (secondary N) is 1. The summed E-state index contributed by atoms with van der Waals surface area (Å²) in [7, 11) is 0. The molecule has 0 aliphatic heterocycles. The molecule has 0 aliphatic rings. The van der Waals surface area contributed by atoms with Crippen LogP contribution in [0.3, 0.4) is 0 Å². The van der Waals surface area contributed by atoms with Crippen LogP contribution in [-0.4, -0.2) is 24.8 Å². The van der Waals surface area contributed by atoms with Crippen molar-refractivity contribution < 1.29 is 14.3 Å². The molecule has 134 valence electrons. The maximum atomic E-state index is 12.1. The normalized spacial score (nSPS) is 9.73. The van der Waals surface area contributed by atoms with Gasteiger partial charge in [-0.15, -0.1) is 0 Å². The van der Waals surface area contributed by atoms with Crippen LogP contribution in [-0.2, 0) is 4.79 Å². The molecule has 0 bridgehead atoms. The molecule has 0 atom stereocenters. The van der Waals surface area contributed by atoms with Gasteiger partial charge in [0.1, 0.15) is 5.75 Å². The van der Waals surface area contributed by atoms with E-state index in [-0.39, 0.29) is 31.1 Å². The number of ketones is 1. The Balaban J connectivity index is 1.71. The number of carbonyl (C=O) groups excluding carboxylic acids is 2. The zero-order valence-corrected chi connectivity index (χ0v) is 15.0. The third-order valence-electron chi connectivity index (χ3n) is 3.61. The number of ether oxygens (including phenoxy) is 1. The molecule has 2 aromatic carbocycles. The Bertz CT molecular complexity index is 771. The second-order valence-corrected chi connectivity index (χ2v) is 5.74. The molecule has 2 rings (SSSR count). The van der Waals surface area contributed by atoms with Crippen LogP contribution in [0.25, 0.3) is 0 Å². The van der Waals surface area contributed by atoms with Gasteiger partial charge in [0.25, 0.3) is 0 Å². The Morgan fingerprint density at radius 3 is 2.42 bits per heavy atom. The van der Waals surface area contributed by atoms with Gasteiger partial charge in [0.15, 0.2) is 5.78 Å². The van der Waals surface area contributed by atoms with E-state index in [1.54, 1.807) is 24.3 Å². The fourth-order valence-corrected chi connectivity index (χ4v) is 2.23. The van der Waals surface area contributed by atoms with E-state index >= 15 is 0 Å². The Morgan fingerprint density at radius 1 is 1.00 bits per heavy atom. The number of amides is 1. The second-order valence-electron chi connectivity index (χ2n) is 5.74.